The summed E-state index contributed by atoms with van der Waals surface area (Å²) in [7, 11) is 0. The minimum atomic E-state index is 0.578. The zero-order chi connectivity index (χ0) is 40.7. The molecule has 3 heterocycles. The van der Waals surface area contributed by atoms with Crippen LogP contribution in [-0.2, 0) is 0 Å². The molecule has 0 amide bonds. The van der Waals surface area contributed by atoms with Gasteiger partial charge in [0.2, 0.25) is 5.95 Å². The predicted molar refractivity (Wildman–Crippen MR) is 261 cm³/mol. The molecule has 0 fully saturated rings. The van der Waals surface area contributed by atoms with Crippen LogP contribution >= 0.6 is 11.3 Å². The van der Waals surface area contributed by atoms with Gasteiger partial charge < -0.3 is 0 Å². The van der Waals surface area contributed by atoms with Crippen molar-refractivity contribution >= 4 is 85.6 Å². The highest BCUT2D eigenvalue weighted by molar-refractivity contribution is 7.25. The maximum absolute atomic E-state index is 5.26. The Morgan fingerprint density at radius 2 is 0.742 bits per heavy atom. The number of hydrogen-bond donors (Lipinski definition) is 0. The summed E-state index contributed by atoms with van der Waals surface area (Å²) in [6.07, 6.45) is 0. The summed E-state index contributed by atoms with van der Waals surface area (Å²) in [5.74, 6) is 1.84. The molecule has 0 N–H and O–H groups in total. The lowest BCUT2D eigenvalue weighted by Crippen LogP contribution is -2.06. The molecular weight excluding hydrogens is 773 g/mol. The Balaban J connectivity index is 1.10. The first-order chi connectivity index (χ1) is 30.7. The van der Waals surface area contributed by atoms with Crippen LogP contribution in [0.1, 0.15) is 0 Å². The van der Waals surface area contributed by atoms with Crippen LogP contribution in [0.5, 0.6) is 0 Å². The van der Waals surface area contributed by atoms with Crippen molar-refractivity contribution in [3.63, 3.8) is 0 Å². The van der Waals surface area contributed by atoms with E-state index in [4.69, 9.17) is 15.0 Å². The van der Waals surface area contributed by atoms with Crippen molar-refractivity contribution in [3.8, 4) is 51.0 Å². The normalized spacial score (nSPS) is 11.9. The summed E-state index contributed by atoms with van der Waals surface area (Å²) >= 11 is 1.86. The number of nitrogens with zero attached hydrogens (tertiary/aromatic N) is 4. The van der Waals surface area contributed by atoms with Gasteiger partial charge in [-0.3, -0.25) is 4.57 Å². The van der Waals surface area contributed by atoms with E-state index in [1.54, 1.807) is 0 Å². The van der Waals surface area contributed by atoms with Crippen molar-refractivity contribution in [2.45, 2.75) is 0 Å². The first kappa shape index (κ1) is 34.8. The van der Waals surface area contributed by atoms with E-state index in [0.29, 0.717) is 17.6 Å². The topological polar surface area (TPSA) is 43.6 Å². The summed E-state index contributed by atoms with van der Waals surface area (Å²) in [6, 6.07) is 74.1. The number of thiophene rings is 1. The molecule has 13 aromatic rings. The van der Waals surface area contributed by atoms with Gasteiger partial charge in [-0.1, -0.05) is 158 Å². The second-order valence-corrected chi connectivity index (χ2v) is 17.1. The van der Waals surface area contributed by atoms with Gasteiger partial charge in [-0.25, -0.2) is 4.98 Å². The van der Waals surface area contributed by atoms with Crippen molar-refractivity contribution < 1.29 is 0 Å². The second kappa shape index (κ2) is 13.8. The standard InChI is InChI=1S/C57H34N4S/c1-4-14-35(15-5-1)38-25-28-51-48(31-38)49-33-46-43-27-24-39(40-26-29-54-50(32-40)44-22-12-13-23-53(44)62-54)30-45(43)41-20-10-11-21-42(41)47(46)34-52(49)61(51)57-59-55(36-16-6-2-7-17-36)58-56(60-57)37-18-8-3-9-19-37/h1-34H. The van der Waals surface area contributed by atoms with Gasteiger partial charge >= 0.3 is 0 Å². The average Bonchev–Trinajstić information content (AvgIpc) is 3.88. The summed E-state index contributed by atoms with van der Waals surface area (Å²) in [6.45, 7) is 0. The highest BCUT2D eigenvalue weighted by Gasteiger charge is 2.21. The van der Waals surface area contributed by atoms with Crippen LogP contribution in [0.3, 0.4) is 0 Å². The van der Waals surface area contributed by atoms with E-state index in [9.17, 15) is 0 Å². The van der Waals surface area contributed by atoms with Gasteiger partial charge in [-0.15, -0.1) is 11.3 Å². The predicted octanol–water partition coefficient (Wildman–Crippen LogP) is 15.5. The van der Waals surface area contributed by atoms with Crippen molar-refractivity contribution in [3.05, 3.63) is 206 Å². The van der Waals surface area contributed by atoms with Crippen LogP contribution in [0.15, 0.2) is 206 Å². The molecule has 0 unspecified atom stereocenters. The van der Waals surface area contributed by atoms with Crippen molar-refractivity contribution in [2.24, 2.45) is 0 Å². The molecule has 288 valence electrons. The zero-order valence-corrected chi connectivity index (χ0v) is 34.1. The molecule has 5 heteroatoms. The van der Waals surface area contributed by atoms with Crippen LogP contribution in [0, 0.1) is 0 Å². The molecule has 0 saturated heterocycles. The van der Waals surface area contributed by atoms with E-state index in [0.717, 1.165) is 38.5 Å². The molecule has 0 saturated carbocycles. The molecule has 62 heavy (non-hydrogen) atoms. The average molecular weight is 807 g/mol. The largest absolute Gasteiger partial charge is 0.278 e. The fourth-order valence-electron chi connectivity index (χ4n) is 9.47. The molecule has 0 atom stereocenters. The fraction of sp³-hybridized carbons (Fsp3) is 0. The van der Waals surface area contributed by atoms with Gasteiger partial charge in [0.15, 0.2) is 11.6 Å². The molecule has 0 spiro atoms. The van der Waals surface area contributed by atoms with Crippen LogP contribution in [0.4, 0.5) is 0 Å². The molecule has 0 aliphatic carbocycles. The lowest BCUT2D eigenvalue weighted by Gasteiger charge is -2.14. The third-order valence-electron chi connectivity index (χ3n) is 12.4. The Hall–Kier alpha value is -7.99. The minimum absolute atomic E-state index is 0.578. The maximum Gasteiger partial charge on any atom is 0.238 e. The first-order valence-electron chi connectivity index (χ1n) is 20.9. The monoisotopic (exact) mass is 806 g/mol. The van der Waals surface area contributed by atoms with Crippen LogP contribution in [0.2, 0.25) is 0 Å². The van der Waals surface area contributed by atoms with Crippen molar-refractivity contribution in [1.82, 2.24) is 19.5 Å². The van der Waals surface area contributed by atoms with Gasteiger partial charge in [0, 0.05) is 42.1 Å². The Morgan fingerprint density at radius 1 is 0.274 bits per heavy atom. The third-order valence-corrected chi connectivity index (χ3v) is 13.6. The van der Waals surface area contributed by atoms with Gasteiger partial charge in [-0.2, -0.15) is 9.97 Å². The van der Waals surface area contributed by atoms with Crippen molar-refractivity contribution in [1.29, 1.82) is 0 Å². The Bertz CT molecular complexity index is 3850. The highest BCUT2D eigenvalue weighted by Crippen LogP contribution is 2.43. The Morgan fingerprint density at radius 3 is 1.44 bits per heavy atom. The summed E-state index contributed by atoms with van der Waals surface area (Å²) < 4.78 is 4.88. The second-order valence-electron chi connectivity index (χ2n) is 16.0. The van der Waals surface area contributed by atoms with E-state index < -0.39 is 0 Å². The van der Waals surface area contributed by atoms with E-state index in [2.05, 4.69) is 174 Å². The van der Waals surface area contributed by atoms with Gasteiger partial charge in [0.1, 0.15) is 0 Å². The molecule has 4 nitrogen and oxygen atoms in total. The summed E-state index contributed by atoms with van der Waals surface area (Å²) in [5.41, 5.74) is 8.71. The Kier molecular flexibility index (Phi) is 7.74. The van der Waals surface area contributed by atoms with Crippen molar-refractivity contribution in [2.75, 3.05) is 0 Å². The first-order valence-corrected chi connectivity index (χ1v) is 21.7. The van der Waals surface area contributed by atoms with E-state index in [-0.39, 0.29) is 0 Å². The number of fused-ring (bicyclic) bond motifs is 12. The van der Waals surface area contributed by atoms with E-state index >= 15 is 0 Å². The third kappa shape index (κ3) is 5.49. The number of aromatic nitrogens is 4. The maximum atomic E-state index is 5.26. The highest BCUT2D eigenvalue weighted by atomic mass is 32.1. The molecule has 10 aromatic carbocycles. The number of rotatable bonds is 5. The quantitative estimate of drug-likeness (QED) is 0.163. The number of benzene rings is 10. The number of hydrogen-bond acceptors (Lipinski definition) is 4. The lowest BCUT2D eigenvalue weighted by molar-refractivity contribution is 0.954. The molecule has 3 aromatic heterocycles. The minimum Gasteiger partial charge on any atom is -0.278 e. The fourth-order valence-corrected chi connectivity index (χ4v) is 10.6. The van der Waals surface area contributed by atoms with Gasteiger partial charge in [0.05, 0.1) is 11.0 Å². The molecule has 0 aliphatic heterocycles. The van der Waals surface area contributed by atoms with E-state index in [1.165, 1.54) is 69.2 Å². The van der Waals surface area contributed by atoms with Crippen LogP contribution in [-0.4, -0.2) is 19.5 Å². The molecular formula is C57H34N4S. The van der Waals surface area contributed by atoms with Gasteiger partial charge in [0.25, 0.3) is 0 Å². The molecule has 0 radical (unpaired) electrons. The Labute approximate surface area is 360 Å². The molecule has 0 bridgehead atoms. The van der Waals surface area contributed by atoms with Crippen LogP contribution in [0.25, 0.3) is 125 Å². The summed E-state index contributed by atoms with van der Waals surface area (Å²) in [5, 5.41) is 12.2. The molecule has 13 rings (SSSR count). The molecule has 0 aliphatic rings. The zero-order valence-electron chi connectivity index (χ0n) is 33.3. The van der Waals surface area contributed by atoms with E-state index in [1.807, 2.05) is 47.7 Å². The van der Waals surface area contributed by atoms with Gasteiger partial charge in [-0.05, 0) is 103 Å². The smallest absolute Gasteiger partial charge is 0.238 e. The lowest BCUT2D eigenvalue weighted by atomic mass is 9.91. The SMILES string of the molecule is c1ccc(-c2ccc3c(c2)c2cc4c5ccc(-c6ccc7sc8ccccc8c7c6)cc5c5ccccc5c4cc2n3-c2nc(-c3ccccc3)nc(-c3ccccc3)n2)cc1. The van der Waals surface area contributed by atoms with Crippen LogP contribution < -0.4 is 0 Å². The summed E-state index contributed by atoms with van der Waals surface area (Å²) in [4.78, 5) is 15.6.